The molecule has 0 fully saturated rings. The minimum absolute atomic E-state index is 0.255. The molecule has 1 aliphatic carbocycles. The van der Waals surface area contributed by atoms with Crippen molar-refractivity contribution in [3.8, 4) is 11.3 Å². The van der Waals surface area contributed by atoms with E-state index in [0.717, 1.165) is 48.4 Å². The highest BCUT2D eigenvalue weighted by molar-refractivity contribution is 5.73. The summed E-state index contributed by atoms with van der Waals surface area (Å²) in [4.78, 5) is 19.3. The second-order valence-electron chi connectivity index (χ2n) is 6.89. The van der Waals surface area contributed by atoms with Gasteiger partial charge in [0.2, 0.25) is 11.9 Å². The van der Waals surface area contributed by atoms with E-state index in [9.17, 15) is 0 Å². The first-order valence-corrected chi connectivity index (χ1v) is 9.40. The van der Waals surface area contributed by atoms with Crippen LogP contribution < -0.4 is 21.7 Å². The molecular formula is C20H24N8. The predicted octanol–water partition coefficient (Wildman–Crippen LogP) is 2.13. The first-order valence-electron chi connectivity index (χ1n) is 9.40. The first kappa shape index (κ1) is 18.0. The molecule has 2 aromatic heterocycles. The van der Waals surface area contributed by atoms with Crippen LogP contribution in [0.4, 0.5) is 23.5 Å². The number of nitrogens with one attached hydrogen (secondary N) is 1. The molecule has 0 bridgehead atoms. The number of hydrogen-bond acceptors (Lipinski definition) is 8. The van der Waals surface area contributed by atoms with Gasteiger partial charge in [0.25, 0.3) is 0 Å². The van der Waals surface area contributed by atoms with Crippen molar-refractivity contribution in [2.45, 2.75) is 19.3 Å². The van der Waals surface area contributed by atoms with Gasteiger partial charge in [0.15, 0.2) is 0 Å². The number of anilines is 4. The molecular weight excluding hydrogens is 352 g/mol. The van der Waals surface area contributed by atoms with Crippen molar-refractivity contribution in [2.24, 2.45) is 0 Å². The lowest BCUT2D eigenvalue weighted by atomic mass is 10.0. The molecule has 0 amide bonds. The summed E-state index contributed by atoms with van der Waals surface area (Å²) >= 11 is 0. The number of nitrogen functional groups attached to an aromatic ring is 2. The van der Waals surface area contributed by atoms with Crippen LogP contribution in [0.2, 0.25) is 0 Å². The predicted molar refractivity (Wildman–Crippen MR) is 112 cm³/mol. The van der Waals surface area contributed by atoms with Gasteiger partial charge in [0.1, 0.15) is 11.6 Å². The summed E-state index contributed by atoms with van der Waals surface area (Å²) in [5, 5.41) is 3.26. The van der Waals surface area contributed by atoms with Gasteiger partial charge in [0.05, 0.1) is 5.69 Å². The number of likely N-dealkylation sites (N-methyl/N-ethyl adjacent to an activating group) is 1. The van der Waals surface area contributed by atoms with Crippen molar-refractivity contribution in [3.05, 3.63) is 47.7 Å². The van der Waals surface area contributed by atoms with Crippen LogP contribution in [0.15, 0.2) is 36.5 Å². The topological polar surface area (TPSA) is 119 Å². The molecule has 144 valence electrons. The number of aryl methyl sites for hydroxylation is 1. The van der Waals surface area contributed by atoms with Gasteiger partial charge in [-0.05, 0) is 30.9 Å². The van der Waals surface area contributed by atoms with Crippen LogP contribution in [0, 0.1) is 0 Å². The second-order valence-corrected chi connectivity index (χ2v) is 6.89. The van der Waals surface area contributed by atoms with E-state index in [0.29, 0.717) is 18.3 Å². The number of nitrogens with two attached hydrogens (primary N) is 2. The Kier molecular flexibility index (Phi) is 4.92. The number of fused-ring (bicyclic) bond motifs is 3. The summed E-state index contributed by atoms with van der Waals surface area (Å²) < 4.78 is 0. The molecule has 1 aliphatic rings. The molecule has 0 aliphatic heterocycles. The summed E-state index contributed by atoms with van der Waals surface area (Å²) in [5.41, 5.74) is 16.3. The maximum atomic E-state index is 6.07. The van der Waals surface area contributed by atoms with Crippen LogP contribution in [0.25, 0.3) is 11.3 Å². The Morgan fingerprint density at radius 1 is 1.04 bits per heavy atom. The van der Waals surface area contributed by atoms with E-state index in [1.165, 1.54) is 5.56 Å². The van der Waals surface area contributed by atoms with Gasteiger partial charge in [-0.1, -0.05) is 24.3 Å². The summed E-state index contributed by atoms with van der Waals surface area (Å²) in [6.07, 6.45) is 4.67. The van der Waals surface area contributed by atoms with Crippen molar-refractivity contribution < 1.29 is 0 Å². The monoisotopic (exact) mass is 376 g/mol. The van der Waals surface area contributed by atoms with Crippen LogP contribution in [0.3, 0.4) is 0 Å². The Bertz CT molecular complexity index is 988. The van der Waals surface area contributed by atoms with E-state index < -0.39 is 0 Å². The molecule has 8 heteroatoms. The number of hydrogen-bond donors (Lipinski definition) is 3. The molecule has 0 unspecified atom stereocenters. The van der Waals surface area contributed by atoms with Gasteiger partial charge in [-0.15, -0.1) is 0 Å². The van der Waals surface area contributed by atoms with E-state index >= 15 is 0 Å². The molecule has 0 saturated carbocycles. The summed E-state index contributed by atoms with van der Waals surface area (Å²) in [5.74, 6) is 2.15. The zero-order valence-electron chi connectivity index (χ0n) is 15.9. The fraction of sp³-hybridized carbons (Fsp3) is 0.300. The molecule has 5 N–H and O–H groups in total. The second kappa shape index (κ2) is 7.67. The average Bonchev–Trinajstić information content (AvgIpc) is 2.87. The van der Waals surface area contributed by atoms with Crippen LogP contribution in [-0.2, 0) is 12.8 Å². The molecule has 28 heavy (non-hydrogen) atoms. The summed E-state index contributed by atoms with van der Waals surface area (Å²) in [7, 11) is 2.02. The van der Waals surface area contributed by atoms with Gasteiger partial charge >= 0.3 is 0 Å². The molecule has 2 heterocycles. The van der Waals surface area contributed by atoms with E-state index in [-0.39, 0.29) is 5.95 Å². The van der Waals surface area contributed by atoms with Crippen molar-refractivity contribution in [1.29, 1.82) is 0 Å². The van der Waals surface area contributed by atoms with Crippen molar-refractivity contribution in [1.82, 2.24) is 19.9 Å². The van der Waals surface area contributed by atoms with Crippen LogP contribution in [0.5, 0.6) is 0 Å². The van der Waals surface area contributed by atoms with Crippen molar-refractivity contribution in [2.75, 3.05) is 41.8 Å². The highest BCUT2D eigenvalue weighted by Gasteiger charge is 2.22. The van der Waals surface area contributed by atoms with Crippen LogP contribution in [-0.4, -0.2) is 40.1 Å². The minimum atomic E-state index is 0.255. The van der Waals surface area contributed by atoms with E-state index in [1.807, 2.05) is 13.1 Å². The molecule has 0 radical (unpaired) electrons. The minimum Gasteiger partial charge on any atom is -0.368 e. The average molecular weight is 376 g/mol. The van der Waals surface area contributed by atoms with Crippen molar-refractivity contribution >= 4 is 23.5 Å². The maximum absolute atomic E-state index is 6.07. The van der Waals surface area contributed by atoms with Gasteiger partial charge in [0, 0.05) is 37.5 Å². The number of rotatable bonds is 5. The molecule has 1 aromatic carbocycles. The maximum Gasteiger partial charge on any atom is 0.222 e. The molecule has 0 saturated heterocycles. The molecule has 8 nitrogen and oxygen atoms in total. The highest BCUT2D eigenvalue weighted by Crippen LogP contribution is 2.35. The zero-order chi connectivity index (χ0) is 19.5. The fourth-order valence-electron chi connectivity index (χ4n) is 3.61. The molecule has 0 atom stereocenters. The van der Waals surface area contributed by atoms with Gasteiger partial charge in [-0.3, -0.25) is 0 Å². The molecule has 4 rings (SSSR count). The SMILES string of the molecule is CN(CCNc1ccnc(N)n1)c1nc(N)nc2c1CCCc1ccccc1-2. The molecule has 0 spiro atoms. The normalized spacial score (nSPS) is 12.6. The standard InChI is InChI=1S/C20H24N8/c1-28(12-11-23-16-9-10-24-19(21)25-16)18-15-8-4-6-13-5-2-3-7-14(13)17(15)26-20(22)27-18/h2-3,5,7,9-10H,4,6,8,11-12H2,1H3,(H2,22,26,27)(H3,21,23,24,25). The van der Waals surface area contributed by atoms with Gasteiger partial charge in [-0.25, -0.2) is 9.97 Å². The smallest absolute Gasteiger partial charge is 0.222 e. The Morgan fingerprint density at radius 2 is 1.89 bits per heavy atom. The Morgan fingerprint density at radius 3 is 2.75 bits per heavy atom. The summed E-state index contributed by atoms with van der Waals surface area (Å²) in [6, 6.07) is 10.2. The largest absolute Gasteiger partial charge is 0.368 e. The Balaban J connectivity index is 1.57. The lowest BCUT2D eigenvalue weighted by Gasteiger charge is -2.23. The third kappa shape index (κ3) is 3.66. The van der Waals surface area contributed by atoms with Crippen LogP contribution in [0.1, 0.15) is 17.5 Å². The highest BCUT2D eigenvalue weighted by atomic mass is 15.2. The van der Waals surface area contributed by atoms with E-state index in [1.54, 1.807) is 12.3 Å². The lowest BCUT2D eigenvalue weighted by Crippen LogP contribution is -2.27. The lowest BCUT2D eigenvalue weighted by molar-refractivity contribution is 0.812. The zero-order valence-corrected chi connectivity index (χ0v) is 15.9. The quantitative estimate of drug-likeness (QED) is 0.620. The van der Waals surface area contributed by atoms with E-state index in [4.69, 9.17) is 11.5 Å². The third-order valence-corrected chi connectivity index (χ3v) is 4.94. The third-order valence-electron chi connectivity index (χ3n) is 4.94. The first-order chi connectivity index (χ1) is 13.6. The Hall–Kier alpha value is -3.42. The number of benzene rings is 1. The van der Waals surface area contributed by atoms with E-state index in [2.05, 4.69) is 48.4 Å². The van der Waals surface area contributed by atoms with Gasteiger partial charge in [-0.2, -0.15) is 9.97 Å². The molecule has 3 aromatic rings. The Labute approximate surface area is 164 Å². The number of aromatic nitrogens is 4. The summed E-state index contributed by atoms with van der Waals surface area (Å²) in [6.45, 7) is 1.41. The van der Waals surface area contributed by atoms with Gasteiger partial charge < -0.3 is 21.7 Å². The van der Waals surface area contributed by atoms with Crippen LogP contribution >= 0.6 is 0 Å². The number of nitrogens with zero attached hydrogens (tertiary/aromatic N) is 5. The van der Waals surface area contributed by atoms with Crippen molar-refractivity contribution in [3.63, 3.8) is 0 Å². The fourth-order valence-corrected chi connectivity index (χ4v) is 3.61.